The third kappa shape index (κ3) is 3.86. The summed E-state index contributed by atoms with van der Waals surface area (Å²) in [4.78, 5) is 15.7. The lowest BCUT2D eigenvalue weighted by Crippen LogP contribution is -2.13. The second-order valence-corrected chi connectivity index (χ2v) is 7.02. The van der Waals surface area contributed by atoms with Crippen LogP contribution in [0, 0.1) is 4.77 Å². The molecule has 0 radical (unpaired) electrons. The van der Waals surface area contributed by atoms with E-state index < -0.39 is 0 Å². The number of carbonyl (C=O) groups excluding carboxylic acids is 1. The van der Waals surface area contributed by atoms with Crippen LogP contribution in [0.15, 0.2) is 66.7 Å². The van der Waals surface area contributed by atoms with Crippen LogP contribution in [0.5, 0.6) is 5.75 Å². The van der Waals surface area contributed by atoms with Crippen LogP contribution in [0.4, 0.5) is 11.4 Å². The van der Waals surface area contributed by atoms with Crippen LogP contribution in [-0.4, -0.2) is 22.6 Å². The molecule has 0 unspecified atom stereocenters. The second-order valence-electron chi connectivity index (χ2n) is 6.64. The first-order chi connectivity index (χ1) is 14.0. The number of nitrogens with one attached hydrogen (secondary N) is 2. The van der Waals surface area contributed by atoms with Gasteiger partial charge in [-0.3, -0.25) is 4.79 Å². The fourth-order valence-electron chi connectivity index (χ4n) is 3.18. The van der Waals surface area contributed by atoms with Crippen molar-refractivity contribution in [2.45, 2.75) is 6.54 Å². The number of amides is 1. The molecule has 4 rings (SSSR count). The first-order valence-corrected chi connectivity index (χ1v) is 9.47. The van der Waals surface area contributed by atoms with Gasteiger partial charge in [-0.2, -0.15) is 0 Å². The Bertz CT molecular complexity index is 1240. The summed E-state index contributed by atoms with van der Waals surface area (Å²) in [5, 5.41) is 2.83. The lowest BCUT2D eigenvalue weighted by Gasteiger charge is -2.09. The number of anilines is 2. The van der Waals surface area contributed by atoms with Crippen molar-refractivity contribution in [1.82, 2.24) is 9.55 Å². The van der Waals surface area contributed by atoms with Gasteiger partial charge in [-0.15, -0.1) is 0 Å². The van der Waals surface area contributed by atoms with Gasteiger partial charge in [0.2, 0.25) is 0 Å². The molecule has 1 heterocycles. The minimum absolute atomic E-state index is 0.203. The molecule has 0 saturated heterocycles. The maximum absolute atomic E-state index is 12.5. The van der Waals surface area contributed by atoms with Crippen molar-refractivity contribution in [2.24, 2.45) is 0 Å². The van der Waals surface area contributed by atoms with E-state index in [-0.39, 0.29) is 5.91 Å². The number of aromatic nitrogens is 2. The number of carbonyl (C=O) groups is 1. The number of methoxy groups -OCH3 is 1. The van der Waals surface area contributed by atoms with Gasteiger partial charge in [0, 0.05) is 11.6 Å². The molecule has 0 aliphatic heterocycles. The Balaban J connectivity index is 1.54. The van der Waals surface area contributed by atoms with Gasteiger partial charge in [0.1, 0.15) is 5.75 Å². The highest BCUT2D eigenvalue weighted by Gasteiger charge is 2.10. The maximum atomic E-state index is 12.5. The Kier molecular flexibility index (Phi) is 5.05. The number of benzene rings is 3. The molecule has 1 aromatic heterocycles. The van der Waals surface area contributed by atoms with E-state index in [1.807, 2.05) is 47.0 Å². The van der Waals surface area contributed by atoms with E-state index in [0.717, 1.165) is 22.3 Å². The number of nitrogen functional groups attached to an aromatic ring is 1. The number of aromatic amines is 1. The lowest BCUT2D eigenvalue weighted by molar-refractivity contribution is 0.102. The van der Waals surface area contributed by atoms with E-state index in [9.17, 15) is 4.79 Å². The van der Waals surface area contributed by atoms with E-state index >= 15 is 0 Å². The lowest BCUT2D eigenvalue weighted by atomic mass is 10.1. The molecule has 146 valence electrons. The topological polar surface area (TPSA) is 85.1 Å². The van der Waals surface area contributed by atoms with Crippen LogP contribution in [0.1, 0.15) is 15.9 Å². The summed E-state index contributed by atoms with van der Waals surface area (Å²) in [6.45, 7) is 0.596. The van der Waals surface area contributed by atoms with Crippen molar-refractivity contribution >= 4 is 40.5 Å². The number of hydrogen-bond acceptors (Lipinski definition) is 4. The van der Waals surface area contributed by atoms with Crippen molar-refractivity contribution in [3.05, 3.63) is 82.6 Å². The highest BCUT2D eigenvalue weighted by molar-refractivity contribution is 7.71. The molecule has 0 bridgehead atoms. The number of rotatable bonds is 5. The average molecular weight is 404 g/mol. The summed E-state index contributed by atoms with van der Waals surface area (Å²) >= 11 is 5.47. The van der Waals surface area contributed by atoms with Gasteiger partial charge in [0.05, 0.1) is 36.1 Å². The minimum atomic E-state index is -0.203. The highest BCUT2D eigenvalue weighted by atomic mass is 32.1. The van der Waals surface area contributed by atoms with E-state index in [2.05, 4.69) is 10.3 Å². The molecule has 0 fully saturated rings. The molecule has 0 aliphatic rings. The zero-order valence-corrected chi connectivity index (χ0v) is 16.6. The first kappa shape index (κ1) is 18.8. The summed E-state index contributed by atoms with van der Waals surface area (Å²) in [6, 6.07) is 20.4. The Morgan fingerprint density at radius 3 is 2.62 bits per heavy atom. The molecule has 0 saturated carbocycles. The van der Waals surface area contributed by atoms with Crippen molar-refractivity contribution in [3.63, 3.8) is 0 Å². The molecule has 7 heteroatoms. The Morgan fingerprint density at radius 1 is 1.14 bits per heavy atom. The molecule has 0 spiro atoms. The van der Waals surface area contributed by atoms with Gasteiger partial charge in [-0.25, -0.2) is 0 Å². The molecule has 4 aromatic rings. The molecular weight excluding hydrogens is 384 g/mol. The molecule has 0 aliphatic carbocycles. The standard InChI is InChI=1S/C22H20N4O2S/c1-28-16-10-11-20-19(12-16)25-22(29)26(20)13-14-6-8-15(9-7-14)21(27)24-18-5-3-2-4-17(18)23/h2-12H,13,23H2,1H3,(H,24,27)(H,25,29). The average Bonchev–Trinajstić information content (AvgIpc) is 3.04. The van der Waals surface area contributed by atoms with Crippen molar-refractivity contribution in [1.29, 1.82) is 0 Å². The minimum Gasteiger partial charge on any atom is -0.497 e. The molecule has 29 heavy (non-hydrogen) atoms. The number of nitrogens with zero attached hydrogens (tertiary/aromatic N) is 1. The third-order valence-electron chi connectivity index (χ3n) is 4.75. The number of fused-ring (bicyclic) bond motifs is 1. The van der Waals surface area contributed by atoms with E-state index in [0.29, 0.717) is 28.3 Å². The van der Waals surface area contributed by atoms with Gasteiger partial charge in [0.25, 0.3) is 5.91 Å². The molecule has 1 amide bonds. The Morgan fingerprint density at radius 2 is 1.90 bits per heavy atom. The summed E-state index contributed by atoms with van der Waals surface area (Å²) in [6.07, 6.45) is 0. The van der Waals surface area contributed by atoms with Crippen molar-refractivity contribution < 1.29 is 9.53 Å². The van der Waals surface area contributed by atoms with E-state index in [4.69, 9.17) is 22.7 Å². The number of H-pyrrole nitrogens is 1. The molecule has 0 atom stereocenters. The predicted molar refractivity (Wildman–Crippen MR) is 118 cm³/mol. The summed E-state index contributed by atoms with van der Waals surface area (Å²) in [5.41, 5.74) is 10.5. The van der Waals surface area contributed by atoms with Crippen molar-refractivity contribution in [2.75, 3.05) is 18.2 Å². The van der Waals surface area contributed by atoms with Crippen LogP contribution < -0.4 is 15.8 Å². The quantitative estimate of drug-likeness (QED) is 0.335. The normalized spacial score (nSPS) is 10.8. The molecule has 3 aromatic carbocycles. The van der Waals surface area contributed by atoms with Crippen molar-refractivity contribution in [3.8, 4) is 5.75 Å². The zero-order valence-electron chi connectivity index (χ0n) is 15.8. The fraction of sp³-hybridized carbons (Fsp3) is 0.0909. The number of nitrogens with two attached hydrogens (primary N) is 1. The second kappa shape index (κ2) is 7.81. The Hall–Kier alpha value is -3.58. The van der Waals surface area contributed by atoms with Crippen LogP contribution in [0.3, 0.4) is 0 Å². The van der Waals surface area contributed by atoms with Gasteiger partial charge >= 0.3 is 0 Å². The molecule has 4 N–H and O–H groups in total. The number of para-hydroxylation sites is 2. The molecular formula is C22H20N4O2S. The number of imidazole rings is 1. The summed E-state index contributed by atoms with van der Waals surface area (Å²) < 4.78 is 7.92. The van der Waals surface area contributed by atoms with Crippen LogP contribution in [0.25, 0.3) is 11.0 Å². The van der Waals surface area contributed by atoms with Gasteiger partial charge in [-0.05, 0) is 54.2 Å². The van der Waals surface area contributed by atoms with E-state index in [1.165, 1.54) is 0 Å². The first-order valence-electron chi connectivity index (χ1n) is 9.06. The van der Waals surface area contributed by atoms with Crippen LogP contribution in [-0.2, 0) is 6.54 Å². The van der Waals surface area contributed by atoms with E-state index in [1.54, 1.807) is 31.4 Å². The van der Waals surface area contributed by atoms with Gasteiger partial charge < -0.3 is 25.3 Å². The SMILES string of the molecule is COc1ccc2c(c1)[nH]c(=S)n2Cc1ccc(C(=O)Nc2ccccc2N)cc1. The molecule has 6 nitrogen and oxygen atoms in total. The predicted octanol–water partition coefficient (Wildman–Crippen LogP) is 4.59. The zero-order chi connectivity index (χ0) is 20.4. The van der Waals surface area contributed by atoms with Crippen LogP contribution >= 0.6 is 12.2 Å². The highest BCUT2D eigenvalue weighted by Crippen LogP contribution is 2.22. The number of ether oxygens (including phenoxy) is 1. The van der Waals surface area contributed by atoms with Gasteiger partial charge in [0.15, 0.2) is 4.77 Å². The van der Waals surface area contributed by atoms with Crippen LogP contribution in [0.2, 0.25) is 0 Å². The summed E-state index contributed by atoms with van der Waals surface area (Å²) in [7, 11) is 1.64. The fourth-order valence-corrected chi connectivity index (χ4v) is 3.45. The largest absolute Gasteiger partial charge is 0.497 e. The number of hydrogen-bond donors (Lipinski definition) is 3. The third-order valence-corrected chi connectivity index (χ3v) is 5.07. The maximum Gasteiger partial charge on any atom is 0.255 e. The smallest absolute Gasteiger partial charge is 0.255 e. The monoisotopic (exact) mass is 404 g/mol. The Labute approximate surface area is 172 Å². The van der Waals surface area contributed by atoms with Gasteiger partial charge in [-0.1, -0.05) is 24.3 Å². The summed E-state index contributed by atoms with van der Waals surface area (Å²) in [5.74, 6) is 0.570.